The largest absolute Gasteiger partial charge is 0.480 e. The van der Waals surface area contributed by atoms with Crippen molar-refractivity contribution in [1.29, 1.82) is 0 Å². The van der Waals surface area contributed by atoms with Crippen LogP contribution in [0, 0.1) is 5.92 Å². The predicted octanol–water partition coefficient (Wildman–Crippen LogP) is -4.83. The number of guanidine groups is 2. The molecule has 0 saturated carbocycles. The van der Waals surface area contributed by atoms with Crippen LogP contribution in [0.2, 0.25) is 0 Å². The minimum atomic E-state index is -1.29. The zero-order valence-corrected chi connectivity index (χ0v) is 26.5. The summed E-state index contributed by atoms with van der Waals surface area (Å²) in [6.45, 7) is 3.07. The van der Waals surface area contributed by atoms with Gasteiger partial charge in [-0.1, -0.05) is 13.8 Å². The molecule has 0 aliphatic heterocycles. The third-order valence-corrected chi connectivity index (χ3v) is 6.27. The lowest BCUT2D eigenvalue weighted by molar-refractivity contribution is -0.141. The molecule has 0 aliphatic carbocycles. The minimum Gasteiger partial charge on any atom is -0.480 e. The first kappa shape index (κ1) is 40.7. The van der Waals surface area contributed by atoms with E-state index in [4.69, 9.17) is 28.7 Å². The molecule has 0 aromatic carbocycles. The lowest BCUT2D eigenvalue weighted by atomic mass is 10.0. The number of amides is 5. The maximum Gasteiger partial charge on any atom is 0.327 e. The number of nitrogens with zero attached hydrogens (tertiary/aromatic N) is 2. The molecule has 45 heavy (non-hydrogen) atoms. The van der Waals surface area contributed by atoms with Crippen molar-refractivity contribution in [2.45, 2.75) is 70.1 Å². The molecule has 0 radical (unpaired) electrons. The number of aliphatic carboxylic acids is 1. The number of carbonyl (C=O) groups is 6. The van der Waals surface area contributed by atoms with Crippen molar-refractivity contribution in [1.82, 2.24) is 26.6 Å². The van der Waals surface area contributed by atoms with Crippen LogP contribution in [0.3, 0.4) is 0 Å². The van der Waals surface area contributed by atoms with Gasteiger partial charge in [-0.2, -0.15) is 12.6 Å². The number of hydrogen-bond acceptors (Lipinski definition) is 10. The van der Waals surface area contributed by atoms with Gasteiger partial charge in [0.1, 0.15) is 18.1 Å². The molecule has 5 amide bonds. The molecule has 0 aromatic heterocycles. The highest BCUT2D eigenvalue weighted by molar-refractivity contribution is 7.80. The van der Waals surface area contributed by atoms with E-state index in [1.54, 1.807) is 0 Å². The fraction of sp³-hybridized carbons (Fsp3) is 0.680. The van der Waals surface area contributed by atoms with E-state index in [0.717, 1.165) is 0 Å². The lowest BCUT2D eigenvalue weighted by Crippen LogP contribution is -2.57. The van der Waals surface area contributed by atoms with Gasteiger partial charge in [-0.15, -0.1) is 0 Å². The monoisotopic (exact) mass is 660 g/mol. The van der Waals surface area contributed by atoms with Crippen molar-refractivity contribution in [3.8, 4) is 0 Å². The Kier molecular flexibility index (Phi) is 20.1. The highest BCUT2D eigenvalue weighted by atomic mass is 32.1. The molecule has 19 nitrogen and oxygen atoms in total. The van der Waals surface area contributed by atoms with Gasteiger partial charge in [-0.05, 0) is 38.0 Å². The average molecular weight is 661 g/mol. The number of nitrogens with one attached hydrogen (secondary N) is 5. The number of nitrogens with two attached hydrogens (primary N) is 5. The maximum absolute atomic E-state index is 13.2. The van der Waals surface area contributed by atoms with Crippen LogP contribution < -0.4 is 55.3 Å². The normalized spacial score (nSPS) is 13.3. The van der Waals surface area contributed by atoms with E-state index in [1.807, 2.05) is 13.8 Å². The fourth-order valence-corrected chi connectivity index (χ4v) is 3.89. The molecule has 0 bridgehead atoms. The van der Waals surface area contributed by atoms with Crippen LogP contribution in [0.4, 0.5) is 0 Å². The first-order valence-corrected chi connectivity index (χ1v) is 14.8. The molecular weight excluding hydrogens is 612 g/mol. The van der Waals surface area contributed by atoms with Crippen LogP contribution in [0.15, 0.2) is 9.98 Å². The molecule has 256 valence electrons. The third-order valence-electron chi connectivity index (χ3n) is 5.91. The summed E-state index contributed by atoms with van der Waals surface area (Å²) in [5, 5.41) is 21.3. The molecule has 4 atom stereocenters. The molecule has 0 fully saturated rings. The Bertz CT molecular complexity index is 1070. The van der Waals surface area contributed by atoms with Crippen LogP contribution in [-0.2, 0) is 28.8 Å². The topological polar surface area (TPSA) is 338 Å². The lowest BCUT2D eigenvalue weighted by Gasteiger charge is -2.25. The van der Waals surface area contributed by atoms with Crippen LogP contribution in [-0.4, -0.2) is 109 Å². The molecular formula is C25H48N12O7S. The van der Waals surface area contributed by atoms with Crippen LogP contribution >= 0.6 is 12.6 Å². The van der Waals surface area contributed by atoms with Crippen molar-refractivity contribution in [2.24, 2.45) is 44.6 Å². The van der Waals surface area contributed by atoms with E-state index in [9.17, 15) is 33.9 Å². The van der Waals surface area contributed by atoms with Crippen molar-refractivity contribution in [3.05, 3.63) is 0 Å². The quantitative estimate of drug-likeness (QED) is 0.0225. The average Bonchev–Trinajstić information content (AvgIpc) is 2.95. The molecule has 0 spiro atoms. The number of hydrogen-bond donors (Lipinski definition) is 12. The summed E-state index contributed by atoms with van der Waals surface area (Å²) in [6.07, 6.45) is 1.22. The van der Waals surface area contributed by atoms with Gasteiger partial charge in [0.05, 0.1) is 19.1 Å². The molecule has 16 N–H and O–H groups in total. The van der Waals surface area contributed by atoms with Gasteiger partial charge in [0.15, 0.2) is 11.9 Å². The zero-order valence-electron chi connectivity index (χ0n) is 25.6. The van der Waals surface area contributed by atoms with Gasteiger partial charge in [-0.25, -0.2) is 4.79 Å². The van der Waals surface area contributed by atoms with Crippen LogP contribution in [0.25, 0.3) is 0 Å². The first-order valence-electron chi connectivity index (χ1n) is 14.2. The van der Waals surface area contributed by atoms with E-state index in [2.05, 4.69) is 49.2 Å². The summed E-state index contributed by atoms with van der Waals surface area (Å²) in [7, 11) is 0. The Balaban J connectivity index is 5.23. The van der Waals surface area contributed by atoms with Gasteiger partial charge in [0.25, 0.3) is 0 Å². The summed E-state index contributed by atoms with van der Waals surface area (Å²) < 4.78 is 0. The second-order valence-corrected chi connectivity index (χ2v) is 10.8. The Morgan fingerprint density at radius 1 is 0.711 bits per heavy atom. The van der Waals surface area contributed by atoms with Crippen LogP contribution in [0.1, 0.15) is 46.0 Å². The van der Waals surface area contributed by atoms with E-state index in [-0.39, 0.29) is 55.8 Å². The van der Waals surface area contributed by atoms with Crippen LogP contribution in [0.5, 0.6) is 0 Å². The fourth-order valence-electron chi connectivity index (χ4n) is 3.64. The third kappa shape index (κ3) is 19.5. The van der Waals surface area contributed by atoms with Crippen molar-refractivity contribution in [3.63, 3.8) is 0 Å². The van der Waals surface area contributed by atoms with Crippen molar-refractivity contribution in [2.75, 3.05) is 31.9 Å². The number of rotatable bonds is 22. The molecule has 0 unspecified atom stereocenters. The summed E-state index contributed by atoms with van der Waals surface area (Å²) in [5.74, 6) is -5.23. The van der Waals surface area contributed by atoms with E-state index in [0.29, 0.717) is 13.0 Å². The van der Waals surface area contributed by atoms with Gasteiger partial charge in [0.2, 0.25) is 29.5 Å². The summed E-state index contributed by atoms with van der Waals surface area (Å²) >= 11 is 3.93. The van der Waals surface area contributed by atoms with Crippen molar-refractivity contribution < 1.29 is 33.9 Å². The number of carbonyl (C=O) groups excluding carboxylic acids is 5. The molecule has 0 aliphatic rings. The Morgan fingerprint density at radius 2 is 1.22 bits per heavy atom. The molecule has 0 saturated heterocycles. The van der Waals surface area contributed by atoms with E-state index in [1.165, 1.54) is 0 Å². The molecule has 20 heteroatoms. The highest BCUT2D eigenvalue weighted by Crippen LogP contribution is 2.08. The van der Waals surface area contributed by atoms with E-state index >= 15 is 0 Å². The summed E-state index contributed by atoms with van der Waals surface area (Å²) in [5.41, 5.74) is 26.9. The Hall–Kier alpha value is -4.33. The van der Waals surface area contributed by atoms with Gasteiger partial charge < -0.3 is 60.4 Å². The number of thiol groups is 1. The first-order chi connectivity index (χ1) is 21.1. The zero-order chi connectivity index (χ0) is 34.5. The second kappa shape index (κ2) is 22.2. The highest BCUT2D eigenvalue weighted by Gasteiger charge is 2.29. The SMILES string of the molecule is CC(C)C[C@H](NC(=O)[C@H](CCCN=C(N)N)NC(=O)CNC(=O)CNC(=O)[C@@H](N)CCCN=C(N)N)C(=O)N[C@@H](CS)C(=O)O. The van der Waals surface area contributed by atoms with Gasteiger partial charge in [0, 0.05) is 18.8 Å². The van der Waals surface area contributed by atoms with E-state index < -0.39 is 72.8 Å². The smallest absolute Gasteiger partial charge is 0.327 e. The molecule has 0 aromatic rings. The summed E-state index contributed by atoms with van der Waals surface area (Å²) in [6, 6.07) is -4.45. The number of aliphatic imine (C=N–C) groups is 2. The van der Waals surface area contributed by atoms with Gasteiger partial charge in [-0.3, -0.25) is 34.0 Å². The minimum absolute atomic E-state index is 0.0594. The second-order valence-electron chi connectivity index (χ2n) is 10.4. The summed E-state index contributed by atoms with van der Waals surface area (Å²) in [4.78, 5) is 81.9. The molecule has 0 heterocycles. The Morgan fingerprint density at radius 3 is 1.73 bits per heavy atom. The number of carboxylic acids is 1. The maximum atomic E-state index is 13.2. The number of carboxylic acid groups (broad SMARTS) is 1. The van der Waals surface area contributed by atoms with Crippen molar-refractivity contribution >= 4 is 60.1 Å². The predicted molar refractivity (Wildman–Crippen MR) is 171 cm³/mol. The Labute approximate surface area is 267 Å². The van der Waals surface area contributed by atoms with Gasteiger partial charge >= 0.3 is 5.97 Å². The standard InChI is InChI=1S/C25H48N12O7S/c1-13(2)9-16(22(42)37-17(12-45)23(43)44)36-21(41)15(6-4-8-32-25(29)30)35-19(39)11-33-18(38)10-34-20(40)14(26)5-3-7-31-24(27)28/h13-17,45H,3-12,26H2,1-2H3,(H,33,38)(H,34,40)(H,35,39)(H,36,41)(H,37,42)(H,43,44)(H4,27,28,31)(H4,29,30,32)/t14-,15-,16-,17-/m0/s1. The molecule has 0 rings (SSSR count).